The molecule has 0 saturated carbocycles. The number of rotatable bonds is 3. The number of halogens is 1. The van der Waals surface area contributed by atoms with Crippen LogP contribution in [0.3, 0.4) is 0 Å². The quantitative estimate of drug-likeness (QED) is 0.842. The van der Waals surface area contributed by atoms with E-state index in [4.69, 9.17) is 16.7 Å². The van der Waals surface area contributed by atoms with E-state index in [0.717, 1.165) is 5.56 Å². The first-order valence-electron chi connectivity index (χ1n) is 5.42. The van der Waals surface area contributed by atoms with E-state index < -0.39 is 5.97 Å². The van der Waals surface area contributed by atoms with Crippen LogP contribution >= 0.6 is 11.6 Å². The van der Waals surface area contributed by atoms with Gasteiger partial charge in [0.25, 0.3) is 0 Å². The van der Waals surface area contributed by atoms with Gasteiger partial charge in [0, 0.05) is 17.3 Å². The molecular formula is C14H10ClNO3. The fourth-order valence-corrected chi connectivity index (χ4v) is 1.61. The van der Waals surface area contributed by atoms with Crippen LogP contribution in [0.4, 0.5) is 5.69 Å². The number of carboxylic acids is 1. The predicted octanol–water partition coefficient (Wildman–Crippen LogP) is 3.49. The van der Waals surface area contributed by atoms with Gasteiger partial charge in [0.05, 0.1) is 5.69 Å². The van der Waals surface area contributed by atoms with Gasteiger partial charge in [0.1, 0.15) is 11.3 Å². The summed E-state index contributed by atoms with van der Waals surface area (Å²) in [4.78, 5) is 14.9. The number of aromatic carboxylic acids is 1. The van der Waals surface area contributed by atoms with Crippen LogP contribution in [0.2, 0.25) is 5.02 Å². The molecule has 4 nitrogen and oxygen atoms in total. The number of carbonyl (C=O) groups is 1. The van der Waals surface area contributed by atoms with E-state index in [-0.39, 0.29) is 11.3 Å². The molecular weight excluding hydrogens is 266 g/mol. The molecule has 0 bridgehead atoms. The van der Waals surface area contributed by atoms with Crippen LogP contribution in [0, 0.1) is 0 Å². The highest BCUT2D eigenvalue weighted by molar-refractivity contribution is 6.30. The van der Waals surface area contributed by atoms with Crippen LogP contribution in [0.5, 0.6) is 5.75 Å². The zero-order chi connectivity index (χ0) is 13.8. The van der Waals surface area contributed by atoms with E-state index in [1.165, 1.54) is 18.2 Å². The van der Waals surface area contributed by atoms with Gasteiger partial charge in [-0.05, 0) is 29.8 Å². The average molecular weight is 276 g/mol. The summed E-state index contributed by atoms with van der Waals surface area (Å²) >= 11 is 5.76. The summed E-state index contributed by atoms with van der Waals surface area (Å²) in [5.41, 5.74) is 1.18. The Morgan fingerprint density at radius 1 is 1.16 bits per heavy atom. The summed E-state index contributed by atoms with van der Waals surface area (Å²) in [5, 5.41) is 18.9. The monoisotopic (exact) mass is 275 g/mol. The van der Waals surface area contributed by atoms with Crippen molar-refractivity contribution in [3.63, 3.8) is 0 Å². The second-order valence-corrected chi connectivity index (χ2v) is 4.25. The lowest BCUT2D eigenvalue weighted by atomic mass is 10.2. The van der Waals surface area contributed by atoms with E-state index in [9.17, 15) is 9.90 Å². The molecule has 0 aliphatic heterocycles. The SMILES string of the molecule is O=C(O)c1ccc(/N=C/c2ccc(Cl)cc2)cc1O. The topological polar surface area (TPSA) is 69.9 Å². The molecule has 19 heavy (non-hydrogen) atoms. The smallest absolute Gasteiger partial charge is 0.339 e. The fraction of sp³-hybridized carbons (Fsp3) is 0. The Morgan fingerprint density at radius 2 is 1.84 bits per heavy atom. The van der Waals surface area contributed by atoms with Gasteiger partial charge in [-0.3, -0.25) is 4.99 Å². The van der Waals surface area contributed by atoms with Crippen molar-refractivity contribution in [1.29, 1.82) is 0 Å². The van der Waals surface area contributed by atoms with Crippen molar-refractivity contribution < 1.29 is 15.0 Å². The molecule has 2 N–H and O–H groups in total. The molecule has 0 fully saturated rings. The molecule has 0 unspecified atom stereocenters. The Bertz CT molecular complexity index is 636. The summed E-state index contributed by atoms with van der Waals surface area (Å²) in [6.45, 7) is 0. The van der Waals surface area contributed by atoms with Crippen LogP contribution in [-0.2, 0) is 0 Å². The number of aliphatic imine (C=N–C) groups is 1. The van der Waals surface area contributed by atoms with Crippen LogP contribution < -0.4 is 0 Å². The number of phenols is 1. The summed E-state index contributed by atoms with van der Waals surface area (Å²) in [6.07, 6.45) is 1.60. The highest BCUT2D eigenvalue weighted by Crippen LogP contribution is 2.23. The van der Waals surface area contributed by atoms with Crippen molar-refractivity contribution in [2.24, 2.45) is 4.99 Å². The Morgan fingerprint density at radius 3 is 2.42 bits per heavy atom. The number of hydrogen-bond acceptors (Lipinski definition) is 3. The van der Waals surface area contributed by atoms with Gasteiger partial charge in [0.15, 0.2) is 0 Å². The zero-order valence-electron chi connectivity index (χ0n) is 9.75. The minimum Gasteiger partial charge on any atom is -0.507 e. The van der Waals surface area contributed by atoms with E-state index in [1.807, 2.05) is 0 Å². The number of aromatic hydroxyl groups is 1. The molecule has 96 valence electrons. The highest BCUT2D eigenvalue weighted by Gasteiger charge is 2.08. The molecule has 2 aromatic rings. The van der Waals surface area contributed by atoms with Gasteiger partial charge in [-0.2, -0.15) is 0 Å². The van der Waals surface area contributed by atoms with Crippen LogP contribution in [0.1, 0.15) is 15.9 Å². The normalized spacial score (nSPS) is 10.8. The standard InChI is InChI=1S/C14H10ClNO3/c15-10-3-1-9(2-4-10)8-16-11-5-6-12(14(18)19)13(17)7-11/h1-8,17H,(H,18,19)/b16-8+. The maximum atomic E-state index is 10.7. The molecule has 0 saturated heterocycles. The number of hydrogen-bond donors (Lipinski definition) is 2. The molecule has 0 amide bonds. The van der Waals surface area contributed by atoms with Crippen molar-refractivity contribution in [2.75, 3.05) is 0 Å². The first-order valence-corrected chi connectivity index (χ1v) is 5.80. The molecule has 2 aromatic carbocycles. The minimum atomic E-state index is -1.18. The largest absolute Gasteiger partial charge is 0.507 e. The average Bonchev–Trinajstić information content (AvgIpc) is 2.37. The molecule has 0 atom stereocenters. The van der Waals surface area contributed by atoms with Gasteiger partial charge in [-0.15, -0.1) is 0 Å². The number of nitrogens with zero attached hydrogens (tertiary/aromatic N) is 1. The van der Waals surface area contributed by atoms with Crippen molar-refractivity contribution in [3.8, 4) is 5.75 Å². The van der Waals surface area contributed by atoms with E-state index >= 15 is 0 Å². The third kappa shape index (κ3) is 3.33. The molecule has 0 radical (unpaired) electrons. The fourth-order valence-electron chi connectivity index (χ4n) is 1.48. The second kappa shape index (κ2) is 5.54. The van der Waals surface area contributed by atoms with Gasteiger partial charge in [-0.25, -0.2) is 4.79 Å². The Balaban J connectivity index is 2.22. The van der Waals surface area contributed by atoms with E-state index in [1.54, 1.807) is 30.5 Å². The number of carboxylic acid groups (broad SMARTS) is 1. The summed E-state index contributed by atoms with van der Waals surface area (Å²) in [5.74, 6) is -1.48. The Hall–Kier alpha value is -2.33. The van der Waals surface area contributed by atoms with Crippen LogP contribution in [0.25, 0.3) is 0 Å². The van der Waals surface area contributed by atoms with Crippen molar-refractivity contribution in [2.45, 2.75) is 0 Å². The maximum Gasteiger partial charge on any atom is 0.339 e. The molecule has 0 heterocycles. The van der Waals surface area contributed by atoms with Crippen molar-refractivity contribution in [1.82, 2.24) is 0 Å². The lowest BCUT2D eigenvalue weighted by molar-refractivity contribution is 0.0694. The zero-order valence-corrected chi connectivity index (χ0v) is 10.5. The summed E-state index contributed by atoms with van der Waals surface area (Å²) in [7, 11) is 0. The predicted molar refractivity (Wildman–Crippen MR) is 73.8 cm³/mol. The molecule has 0 spiro atoms. The lowest BCUT2D eigenvalue weighted by Gasteiger charge is -2.00. The van der Waals surface area contributed by atoms with Gasteiger partial charge < -0.3 is 10.2 Å². The van der Waals surface area contributed by atoms with E-state index in [2.05, 4.69) is 4.99 Å². The molecule has 2 rings (SSSR count). The third-order valence-electron chi connectivity index (χ3n) is 2.44. The second-order valence-electron chi connectivity index (χ2n) is 3.82. The van der Waals surface area contributed by atoms with Gasteiger partial charge >= 0.3 is 5.97 Å². The highest BCUT2D eigenvalue weighted by atomic mass is 35.5. The summed E-state index contributed by atoms with van der Waals surface area (Å²) < 4.78 is 0. The van der Waals surface area contributed by atoms with Crippen LogP contribution in [-0.4, -0.2) is 22.4 Å². The third-order valence-corrected chi connectivity index (χ3v) is 2.70. The maximum absolute atomic E-state index is 10.7. The first kappa shape index (κ1) is 13.1. The summed E-state index contributed by atoms with van der Waals surface area (Å²) in [6, 6.07) is 11.2. The first-order chi connectivity index (χ1) is 9.06. The molecule has 0 aromatic heterocycles. The lowest BCUT2D eigenvalue weighted by Crippen LogP contribution is -1.95. The van der Waals surface area contributed by atoms with Crippen molar-refractivity contribution >= 4 is 29.5 Å². The molecule has 0 aliphatic rings. The van der Waals surface area contributed by atoms with Crippen molar-refractivity contribution in [3.05, 3.63) is 58.6 Å². The Labute approximate surface area is 114 Å². The van der Waals surface area contributed by atoms with Crippen LogP contribution in [0.15, 0.2) is 47.5 Å². The van der Waals surface area contributed by atoms with Gasteiger partial charge in [-0.1, -0.05) is 23.7 Å². The molecule has 0 aliphatic carbocycles. The minimum absolute atomic E-state index is 0.148. The number of benzene rings is 2. The van der Waals surface area contributed by atoms with Gasteiger partial charge in [0.2, 0.25) is 0 Å². The van der Waals surface area contributed by atoms with E-state index in [0.29, 0.717) is 10.7 Å². The Kier molecular flexibility index (Phi) is 3.82. The molecule has 5 heteroatoms.